The number of rotatable bonds is 4. The SMILES string of the molecule is CCc1csc(NC2CCCN(CC)C2)n1. The van der Waals surface area contributed by atoms with Crippen LogP contribution in [-0.4, -0.2) is 35.6 Å². The topological polar surface area (TPSA) is 28.2 Å². The van der Waals surface area contributed by atoms with Crippen LogP contribution in [0.1, 0.15) is 32.4 Å². The Morgan fingerprint density at radius 2 is 2.44 bits per heavy atom. The van der Waals surface area contributed by atoms with Crippen LogP contribution in [0.2, 0.25) is 0 Å². The molecule has 1 saturated heterocycles. The smallest absolute Gasteiger partial charge is 0.183 e. The number of nitrogens with zero attached hydrogens (tertiary/aromatic N) is 2. The number of hydrogen-bond donors (Lipinski definition) is 1. The summed E-state index contributed by atoms with van der Waals surface area (Å²) in [5.74, 6) is 0. The second-order valence-corrected chi connectivity index (χ2v) is 5.23. The lowest BCUT2D eigenvalue weighted by atomic mass is 10.1. The molecule has 1 aliphatic heterocycles. The Hall–Kier alpha value is -0.610. The number of aryl methyl sites for hydroxylation is 1. The fourth-order valence-corrected chi connectivity index (χ4v) is 3.04. The van der Waals surface area contributed by atoms with Crippen LogP contribution < -0.4 is 5.32 Å². The first-order valence-corrected chi connectivity index (χ1v) is 7.13. The van der Waals surface area contributed by atoms with Crippen LogP contribution in [0.15, 0.2) is 5.38 Å². The van der Waals surface area contributed by atoms with Crippen LogP contribution in [0.5, 0.6) is 0 Å². The fourth-order valence-electron chi connectivity index (χ4n) is 2.17. The van der Waals surface area contributed by atoms with Gasteiger partial charge in [-0.05, 0) is 32.4 Å². The third-order valence-corrected chi connectivity index (χ3v) is 4.02. The molecule has 2 heterocycles. The van der Waals surface area contributed by atoms with Crippen molar-refractivity contribution in [1.29, 1.82) is 0 Å². The van der Waals surface area contributed by atoms with E-state index in [4.69, 9.17) is 0 Å². The second kappa shape index (κ2) is 5.64. The summed E-state index contributed by atoms with van der Waals surface area (Å²) in [5.41, 5.74) is 1.20. The molecule has 1 aliphatic rings. The molecule has 1 fully saturated rings. The molecular weight excluding hydrogens is 218 g/mol. The lowest BCUT2D eigenvalue weighted by Gasteiger charge is -2.32. The van der Waals surface area contributed by atoms with E-state index in [0.29, 0.717) is 6.04 Å². The summed E-state index contributed by atoms with van der Waals surface area (Å²) in [6.07, 6.45) is 3.61. The van der Waals surface area contributed by atoms with Crippen molar-refractivity contribution in [3.63, 3.8) is 0 Å². The lowest BCUT2D eigenvalue weighted by Crippen LogP contribution is -2.41. The highest BCUT2D eigenvalue weighted by Gasteiger charge is 2.19. The molecule has 90 valence electrons. The minimum atomic E-state index is 0.588. The van der Waals surface area contributed by atoms with Gasteiger partial charge in [-0.15, -0.1) is 11.3 Å². The standard InChI is InChI=1S/C12H21N3S/c1-3-10-9-16-12(13-10)14-11-6-5-7-15(4-2)8-11/h9,11H,3-8H2,1-2H3,(H,13,14). The Morgan fingerprint density at radius 3 is 3.12 bits per heavy atom. The minimum absolute atomic E-state index is 0.588. The zero-order valence-corrected chi connectivity index (χ0v) is 11.0. The van der Waals surface area contributed by atoms with Crippen molar-refractivity contribution in [2.75, 3.05) is 25.0 Å². The third kappa shape index (κ3) is 2.95. The number of thiazole rings is 1. The number of aromatic nitrogens is 1. The summed E-state index contributed by atoms with van der Waals surface area (Å²) in [6.45, 7) is 7.97. The molecular formula is C12H21N3S. The first-order valence-electron chi connectivity index (χ1n) is 6.25. The van der Waals surface area contributed by atoms with Crippen molar-refractivity contribution in [3.05, 3.63) is 11.1 Å². The van der Waals surface area contributed by atoms with Crippen LogP contribution in [0.4, 0.5) is 5.13 Å². The highest BCUT2D eigenvalue weighted by molar-refractivity contribution is 7.13. The first kappa shape index (κ1) is 11.9. The Morgan fingerprint density at radius 1 is 1.56 bits per heavy atom. The monoisotopic (exact) mass is 239 g/mol. The molecule has 0 saturated carbocycles. The van der Waals surface area contributed by atoms with Gasteiger partial charge in [0.2, 0.25) is 0 Å². The Bertz CT molecular complexity index is 324. The molecule has 0 amide bonds. The zero-order chi connectivity index (χ0) is 11.4. The van der Waals surface area contributed by atoms with Crippen molar-refractivity contribution >= 4 is 16.5 Å². The molecule has 2 rings (SSSR count). The maximum Gasteiger partial charge on any atom is 0.183 e. The van der Waals surface area contributed by atoms with Gasteiger partial charge in [0, 0.05) is 18.0 Å². The van der Waals surface area contributed by atoms with E-state index in [0.717, 1.165) is 24.6 Å². The minimum Gasteiger partial charge on any atom is -0.357 e. The lowest BCUT2D eigenvalue weighted by molar-refractivity contribution is 0.227. The Labute approximate surface area is 102 Å². The number of likely N-dealkylation sites (tertiary alicyclic amines) is 1. The van der Waals surface area contributed by atoms with Gasteiger partial charge in [-0.25, -0.2) is 4.98 Å². The highest BCUT2D eigenvalue weighted by atomic mass is 32.1. The van der Waals surface area contributed by atoms with E-state index in [1.807, 2.05) is 0 Å². The van der Waals surface area contributed by atoms with Crippen LogP contribution >= 0.6 is 11.3 Å². The molecule has 1 aromatic heterocycles. The Kier molecular flexibility index (Phi) is 4.18. The van der Waals surface area contributed by atoms with Crippen molar-refractivity contribution in [2.24, 2.45) is 0 Å². The third-order valence-electron chi connectivity index (χ3n) is 3.19. The van der Waals surface area contributed by atoms with Gasteiger partial charge in [-0.3, -0.25) is 0 Å². The second-order valence-electron chi connectivity index (χ2n) is 4.37. The largest absolute Gasteiger partial charge is 0.357 e. The van der Waals surface area contributed by atoms with Gasteiger partial charge in [0.05, 0.1) is 5.69 Å². The quantitative estimate of drug-likeness (QED) is 0.875. The summed E-state index contributed by atoms with van der Waals surface area (Å²) in [7, 11) is 0. The highest BCUT2D eigenvalue weighted by Crippen LogP contribution is 2.20. The predicted molar refractivity (Wildman–Crippen MR) is 70.3 cm³/mol. The van der Waals surface area contributed by atoms with Crippen LogP contribution in [-0.2, 0) is 6.42 Å². The van der Waals surface area contributed by atoms with Crippen LogP contribution in [0, 0.1) is 0 Å². The van der Waals surface area contributed by atoms with Crippen LogP contribution in [0.25, 0.3) is 0 Å². The molecule has 0 aliphatic carbocycles. The van der Waals surface area contributed by atoms with Gasteiger partial charge in [-0.1, -0.05) is 13.8 Å². The van der Waals surface area contributed by atoms with Gasteiger partial charge >= 0.3 is 0 Å². The Balaban J connectivity index is 1.88. The molecule has 1 aromatic rings. The number of nitrogens with one attached hydrogen (secondary N) is 1. The van der Waals surface area contributed by atoms with Gasteiger partial charge in [0.15, 0.2) is 5.13 Å². The van der Waals surface area contributed by atoms with Gasteiger partial charge in [0.25, 0.3) is 0 Å². The maximum atomic E-state index is 4.56. The summed E-state index contributed by atoms with van der Waals surface area (Å²) >= 11 is 1.74. The molecule has 1 unspecified atom stereocenters. The molecule has 0 aromatic carbocycles. The van der Waals surface area contributed by atoms with Crippen molar-refractivity contribution < 1.29 is 0 Å². The molecule has 1 atom stereocenters. The van der Waals surface area contributed by atoms with E-state index < -0.39 is 0 Å². The maximum absolute atomic E-state index is 4.56. The van der Waals surface area contributed by atoms with Gasteiger partial charge in [-0.2, -0.15) is 0 Å². The summed E-state index contributed by atoms with van der Waals surface area (Å²) in [4.78, 5) is 7.07. The van der Waals surface area contributed by atoms with E-state index in [1.165, 1.54) is 25.1 Å². The van der Waals surface area contributed by atoms with E-state index in [9.17, 15) is 0 Å². The molecule has 16 heavy (non-hydrogen) atoms. The van der Waals surface area contributed by atoms with E-state index in [-0.39, 0.29) is 0 Å². The van der Waals surface area contributed by atoms with E-state index in [2.05, 4.69) is 34.4 Å². The summed E-state index contributed by atoms with van der Waals surface area (Å²) < 4.78 is 0. The zero-order valence-electron chi connectivity index (χ0n) is 10.2. The molecule has 0 radical (unpaired) electrons. The molecule has 1 N–H and O–H groups in total. The normalized spacial score (nSPS) is 22.2. The van der Waals surface area contributed by atoms with Gasteiger partial charge < -0.3 is 10.2 Å². The predicted octanol–water partition coefficient (Wildman–Crippen LogP) is 2.60. The first-order chi connectivity index (χ1) is 7.81. The number of hydrogen-bond acceptors (Lipinski definition) is 4. The average Bonchev–Trinajstić information content (AvgIpc) is 2.77. The molecule has 0 spiro atoms. The van der Waals surface area contributed by atoms with Crippen molar-refractivity contribution in [1.82, 2.24) is 9.88 Å². The van der Waals surface area contributed by atoms with Crippen molar-refractivity contribution in [2.45, 2.75) is 39.2 Å². The van der Waals surface area contributed by atoms with Crippen LogP contribution in [0.3, 0.4) is 0 Å². The van der Waals surface area contributed by atoms with Gasteiger partial charge in [0.1, 0.15) is 0 Å². The van der Waals surface area contributed by atoms with Crippen molar-refractivity contribution in [3.8, 4) is 0 Å². The number of likely N-dealkylation sites (N-methyl/N-ethyl adjacent to an activating group) is 1. The average molecular weight is 239 g/mol. The van der Waals surface area contributed by atoms with E-state index >= 15 is 0 Å². The summed E-state index contributed by atoms with van der Waals surface area (Å²) in [6, 6.07) is 0.588. The molecule has 0 bridgehead atoms. The molecule has 4 heteroatoms. The molecule has 3 nitrogen and oxygen atoms in total. The van der Waals surface area contributed by atoms with E-state index in [1.54, 1.807) is 11.3 Å². The number of piperidine rings is 1. The fraction of sp³-hybridized carbons (Fsp3) is 0.750. The number of anilines is 1. The summed E-state index contributed by atoms with van der Waals surface area (Å²) in [5, 5.41) is 6.82.